The van der Waals surface area contributed by atoms with Crippen molar-refractivity contribution in [1.82, 2.24) is 4.90 Å². The summed E-state index contributed by atoms with van der Waals surface area (Å²) in [7, 11) is 2.09. The Balaban J connectivity index is 2.05. The van der Waals surface area contributed by atoms with E-state index in [9.17, 15) is 4.39 Å². The largest absolute Gasteiger partial charge is 0.488 e. The quantitative estimate of drug-likeness (QED) is 0.846. The van der Waals surface area contributed by atoms with Crippen LogP contribution in [-0.4, -0.2) is 31.6 Å². The number of benzene rings is 1. The summed E-state index contributed by atoms with van der Waals surface area (Å²) in [4.78, 5) is 2.27. The van der Waals surface area contributed by atoms with Gasteiger partial charge in [0.2, 0.25) is 0 Å². The number of hydrogen-bond acceptors (Lipinski definition) is 5. The van der Waals surface area contributed by atoms with Crippen LogP contribution in [0.2, 0.25) is 0 Å². The van der Waals surface area contributed by atoms with Gasteiger partial charge in [-0.3, -0.25) is 0 Å². The van der Waals surface area contributed by atoms with Crippen LogP contribution in [0.4, 0.5) is 10.1 Å². The van der Waals surface area contributed by atoms with Crippen LogP contribution in [0, 0.1) is 34.4 Å². The number of anilines is 1. The van der Waals surface area contributed by atoms with Gasteiger partial charge in [0, 0.05) is 6.20 Å². The van der Waals surface area contributed by atoms with Gasteiger partial charge in [-0.25, -0.2) is 4.39 Å². The van der Waals surface area contributed by atoms with E-state index in [0.29, 0.717) is 18.2 Å². The number of nitriles is 2. The van der Waals surface area contributed by atoms with Crippen molar-refractivity contribution >= 4 is 5.69 Å². The Morgan fingerprint density at radius 3 is 2.74 bits per heavy atom. The Hall–Kier alpha value is -2.57. The molecule has 0 radical (unpaired) electrons. The van der Waals surface area contributed by atoms with E-state index in [1.807, 2.05) is 0 Å². The van der Waals surface area contributed by atoms with E-state index in [1.54, 1.807) is 24.3 Å². The minimum Gasteiger partial charge on any atom is -0.488 e. The Bertz CT molecular complexity index is 636. The first-order valence-corrected chi connectivity index (χ1v) is 7.50. The summed E-state index contributed by atoms with van der Waals surface area (Å²) in [6, 6.07) is 8.01. The van der Waals surface area contributed by atoms with Crippen molar-refractivity contribution in [3.8, 4) is 17.9 Å². The lowest BCUT2D eigenvalue weighted by molar-refractivity contribution is 0.157. The van der Waals surface area contributed by atoms with Crippen LogP contribution in [0.3, 0.4) is 0 Å². The molecule has 0 saturated carbocycles. The van der Waals surface area contributed by atoms with E-state index in [-0.39, 0.29) is 11.3 Å². The second-order valence-electron chi connectivity index (χ2n) is 5.60. The second kappa shape index (κ2) is 8.17. The first kappa shape index (κ1) is 16.8. The van der Waals surface area contributed by atoms with Gasteiger partial charge in [0.1, 0.15) is 17.7 Å². The van der Waals surface area contributed by atoms with Crippen LogP contribution >= 0.6 is 0 Å². The Labute approximate surface area is 135 Å². The molecule has 0 atom stereocenters. The molecule has 0 amide bonds. The lowest BCUT2D eigenvalue weighted by atomic mass is 9.98. The molecule has 6 heteroatoms. The number of likely N-dealkylation sites (tertiary alicyclic amines) is 1. The van der Waals surface area contributed by atoms with Crippen molar-refractivity contribution in [2.24, 2.45) is 5.92 Å². The summed E-state index contributed by atoms with van der Waals surface area (Å²) in [5.41, 5.74) is 0.316. The number of hydrogen-bond donors (Lipinski definition) is 1. The molecule has 0 bridgehead atoms. The summed E-state index contributed by atoms with van der Waals surface area (Å²) in [6.07, 6.45) is 3.30. The minimum absolute atomic E-state index is 0.0875. The molecule has 1 saturated heterocycles. The number of nitrogens with one attached hydrogen (secondary N) is 1. The van der Waals surface area contributed by atoms with E-state index in [4.69, 9.17) is 15.3 Å². The molecule has 0 aliphatic carbocycles. The molecule has 5 nitrogen and oxygen atoms in total. The topological polar surface area (TPSA) is 72.1 Å². The van der Waals surface area contributed by atoms with Gasteiger partial charge in [-0.1, -0.05) is 6.07 Å². The molecule has 1 aromatic carbocycles. The Kier molecular flexibility index (Phi) is 5.96. The standard InChI is InChI=1S/C17H19FN4O/c1-22-7-5-13(6-8-22)12-23-17-15(18)3-2-4-16(17)21-11-14(9-19)10-20/h2-4,11,13,21H,5-8,12H2,1H3. The average Bonchev–Trinajstić information content (AvgIpc) is 2.56. The molecule has 1 heterocycles. The van der Waals surface area contributed by atoms with Gasteiger partial charge in [0.25, 0.3) is 0 Å². The smallest absolute Gasteiger partial charge is 0.178 e. The SMILES string of the molecule is CN1CCC(COc2c(F)cccc2NC=C(C#N)C#N)CC1. The highest BCUT2D eigenvalue weighted by Crippen LogP contribution is 2.29. The zero-order chi connectivity index (χ0) is 16.7. The maximum absolute atomic E-state index is 14.0. The van der Waals surface area contributed by atoms with Crippen molar-refractivity contribution in [2.75, 3.05) is 32.1 Å². The molecule has 23 heavy (non-hydrogen) atoms. The molecule has 1 aromatic rings. The highest BCUT2D eigenvalue weighted by Gasteiger charge is 2.18. The van der Waals surface area contributed by atoms with Gasteiger partial charge in [-0.15, -0.1) is 0 Å². The summed E-state index contributed by atoms with van der Waals surface area (Å²) < 4.78 is 19.7. The molecule has 1 fully saturated rings. The molecule has 0 unspecified atom stereocenters. The number of piperidine rings is 1. The summed E-state index contributed by atoms with van der Waals surface area (Å²) >= 11 is 0. The number of nitrogens with zero attached hydrogens (tertiary/aromatic N) is 3. The van der Waals surface area contributed by atoms with Crippen molar-refractivity contribution in [2.45, 2.75) is 12.8 Å². The number of halogens is 1. The normalized spacial score (nSPS) is 15.3. The second-order valence-corrected chi connectivity index (χ2v) is 5.60. The lowest BCUT2D eigenvalue weighted by Gasteiger charge is -2.29. The fourth-order valence-corrected chi connectivity index (χ4v) is 2.44. The van der Waals surface area contributed by atoms with Gasteiger partial charge < -0.3 is 15.0 Å². The van der Waals surface area contributed by atoms with E-state index in [2.05, 4.69) is 17.3 Å². The third-order valence-corrected chi connectivity index (χ3v) is 3.88. The predicted molar refractivity (Wildman–Crippen MR) is 85.0 cm³/mol. The first-order valence-electron chi connectivity index (χ1n) is 7.50. The van der Waals surface area contributed by atoms with Gasteiger partial charge in [-0.05, 0) is 51.0 Å². The van der Waals surface area contributed by atoms with Crippen LogP contribution in [0.25, 0.3) is 0 Å². The third-order valence-electron chi connectivity index (χ3n) is 3.88. The Morgan fingerprint density at radius 2 is 2.09 bits per heavy atom. The Morgan fingerprint density at radius 1 is 1.39 bits per heavy atom. The monoisotopic (exact) mass is 314 g/mol. The van der Waals surface area contributed by atoms with Crippen LogP contribution in [-0.2, 0) is 0 Å². The van der Waals surface area contributed by atoms with Crippen LogP contribution in [0.15, 0.2) is 30.0 Å². The number of para-hydroxylation sites is 1. The first-order chi connectivity index (χ1) is 11.1. The lowest BCUT2D eigenvalue weighted by Crippen LogP contribution is -2.32. The van der Waals surface area contributed by atoms with Gasteiger partial charge in [0.05, 0.1) is 12.3 Å². The molecule has 120 valence electrons. The number of ether oxygens (including phenoxy) is 1. The van der Waals surface area contributed by atoms with Gasteiger partial charge >= 0.3 is 0 Å². The number of rotatable bonds is 5. The molecule has 2 rings (SSSR count). The van der Waals surface area contributed by atoms with E-state index < -0.39 is 5.82 Å². The van der Waals surface area contributed by atoms with Crippen molar-refractivity contribution < 1.29 is 9.13 Å². The van der Waals surface area contributed by atoms with Gasteiger partial charge in [-0.2, -0.15) is 10.5 Å². The molecule has 1 N–H and O–H groups in total. The van der Waals surface area contributed by atoms with Crippen LogP contribution < -0.4 is 10.1 Å². The highest BCUT2D eigenvalue weighted by atomic mass is 19.1. The summed E-state index contributed by atoms with van der Waals surface area (Å²) in [5, 5.41) is 20.2. The van der Waals surface area contributed by atoms with Crippen molar-refractivity contribution in [3.63, 3.8) is 0 Å². The third kappa shape index (κ3) is 4.70. The van der Waals surface area contributed by atoms with Crippen molar-refractivity contribution in [1.29, 1.82) is 10.5 Å². The minimum atomic E-state index is -0.466. The van der Waals surface area contributed by atoms with Crippen LogP contribution in [0.5, 0.6) is 5.75 Å². The summed E-state index contributed by atoms with van der Waals surface area (Å²) in [5.74, 6) is 0.0627. The van der Waals surface area contributed by atoms with E-state index in [0.717, 1.165) is 25.9 Å². The highest BCUT2D eigenvalue weighted by molar-refractivity contribution is 5.59. The maximum atomic E-state index is 14.0. The zero-order valence-corrected chi connectivity index (χ0v) is 13.1. The van der Waals surface area contributed by atoms with Crippen molar-refractivity contribution in [3.05, 3.63) is 35.8 Å². The van der Waals surface area contributed by atoms with E-state index >= 15 is 0 Å². The summed E-state index contributed by atoms with van der Waals surface area (Å²) in [6.45, 7) is 2.50. The van der Waals surface area contributed by atoms with E-state index in [1.165, 1.54) is 12.3 Å². The predicted octanol–water partition coefficient (Wildman–Crippen LogP) is 2.89. The molecule has 0 spiro atoms. The number of allylic oxidation sites excluding steroid dienone is 1. The molecular formula is C17H19FN4O. The zero-order valence-electron chi connectivity index (χ0n) is 13.1. The fourth-order valence-electron chi connectivity index (χ4n) is 2.44. The molecule has 0 aromatic heterocycles. The molecule has 1 aliphatic rings. The molecular weight excluding hydrogens is 295 g/mol. The molecule has 1 aliphatic heterocycles. The van der Waals surface area contributed by atoms with Crippen LogP contribution in [0.1, 0.15) is 12.8 Å². The maximum Gasteiger partial charge on any atom is 0.178 e. The fraction of sp³-hybridized carbons (Fsp3) is 0.412. The average molecular weight is 314 g/mol. The van der Waals surface area contributed by atoms with Gasteiger partial charge in [0.15, 0.2) is 11.6 Å².